The van der Waals surface area contributed by atoms with Gasteiger partial charge in [0.25, 0.3) is 0 Å². The lowest BCUT2D eigenvalue weighted by molar-refractivity contribution is -0.138. The van der Waals surface area contributed by atoms with Crippen molar-refractivity contribution in [2.24, 2.45) is 5.92 Å². The number of benzene rings is 1. The van der Waals surface area contributed by atoms with Crippen molar-refractivity contribution < 1.29 is 19.4 Å². The molecule has 6 heteroatoms. The van der Waals surface area contributed by atoms with Gasteiger partial charge >= 0.3 is 12.1 Å². The highest BCUT2D eigenvalue weighted by Crippen LogP contribution is 2.23. The van der Waals surface area contributed by atoms with E-state index in [1.165, 1.54) is 4.90 Å². The van der Waals surface area contributed by atoms with Crippen LogP contribution in [0.25, 0.3) is 0 Å². The van der Waals surface area contributed by atoms with Gasteiger partial charge in [0.15, 0.2) is 0 Å². The molecule has 1 heterocycles. The van der Waals surface area contributed by atoms with Crippen molar-refractivity contribution in [3.8, 4) is 0 Å². The van der Waals surface area contributed by atoms with Gasteiger partial charge in [-0.15, -0.1) is 0 Å². The van der Waals surface area contributed by atoms with E-state index >= 15 is 0 Å². The summed E-state index contributed by atoms with van der Waals surface area (Å²) in [5.74, 6) is -1.09. The zero-order valence-corrected chi connectivity index (χ0v) is 10.3. The average Bonchev–Trinajstić information content (AvgIpc) is 2.32. The molecule has 0 spiro atoms. The van der Waals surface area contributed by atoms with Crippen molar-refractivity contribution >= 4 is 29.4 Å². The number of hydrogen-bond donors (Lipinski definition) is 1. The van der Waals surface area contributed by atoms with Gasteiger partial charge in [-0.1, -0.05) is 11.6 Å². The maximum atomic E-state index is 11.6. The second-order valence-electron chi connectivity index (χ2n) is 4.13. The first kappa shape index (κ1) is 12.7. The molecule has 0 saturated carbocycles. The fraction of sp³-hybridized carbons (Fsp3) is 0.333. The summed E-state index contributed by atoms with van der Waals surface area (Å²) in [6, 6.07) is 6.75. The van der Waals surface area contributed by atoms with Gasteiger partial charge < -0.3 is 9.84 Å². The molecule has 0 radical (unpaired) electrons. The van der Waals surface area contributed by atoms with Crippen LogP contribution in [0.1, 0.15) is 6.42 Å². The van der Waals surface area contributed by atoms with Crippen LogP contribution in [0.4, 0.5) is 10.5 Å². The molecule has 0 aliphatic carbocycles. The summed E-state index contributed by atoms with van der Waals surface area (Å²) in [6.07, 6.45) is -0.476. The number of ether oxygens (including phenoxy) is 1. The van der Waals surface area contributed by atoms with E-state index in [9.17, 15) is 9.59 Å². The first-order valence-electron chi connectivity index (χ1n) is 5.48. The Morgan fingerprint density at radius 3 is 2.72 bits per heavy atom. The molecule has 2 rings (SSSR count). The van der Waals surface area contributed by atoms with Crippen molar-refractivity contribution in [3.63, 3.8) is 0 Å². The van der Waals surface area contributed by atoms with E-state index in [1.54, 1.807) is 24.3 Å². The molecule has 5 nitrogen and oxygen atoms in total. The Morgan fingerprint density at radius 2 is 2.11 bits per heavy atom. The number of carbonyl (C=O) groups is 2. The standard InChI is InChI=1S/C12H12ClNO4/c13-9-1-3-10(4-2-9)14-6-8(5-11(15)16)7-18-12(14)17/h1-4,8H,5-7H2,(H,15,16). The number of carbonyl (C=O) groups excluding carboxylic acids is 1. The third kappa shape index (κ3) is 2.92. The molecular formula is C12H12ClNO4. The lowest BCUT2D eigenvalue weighted by atomic mass is 10.0. The van der Waals surface area contributed by atoms with Crippen molar-refractivity contribution in [1.82, 2.24) is 0 Å². The van der Waals surface area contributed by atoms with E-state index in [0.29, 0.717) is 17.3 Å². The minimum atomic E-state index is -0.894. The van der Waals surface area contributed by atoms with E-state index in [4.69, 9.17) is 21.4 Å². The highest BCUT2D eigenvalue weighted by atomic mass is 35.5. The fourth-order valence-corrected chi connectivity index (χ4v) is 1.98. The highest BCUT2D eigenvalue weighted by molar-refractivity contribution is 6.30. The lowest BCUT2D eigenvalue weighted by Gasteiger charge is -2.31. The van der Waals surface area contributed by atoms with Crippen LogP contribution in [0.5, 0.6) is 0 Å². The van der Waals surface area contributed by atoms with Crippen LogP contribution in [-0.2, 0) is 9.53 Å². The number of aliphatic carboxylic acids is 1. The molecule has 1 aliphatic rings. The molecule has 18 heavy (non-hydrogen) atoms. The predicted molar refractivity (Wildman–Crippen MR) is 65.9 cm³/mol. The summed E-state index contributed by atoms with van der Waals surface area (Å²) >= 11 is 5.77. The van der Waals surface area contributed by atoms with E-state index in [0.717, 1.165) is 0 Å². The summed E-state index contributed by atoms with van der Waals surface area (Å²) < 4.78 is 4.98. The van der Waals surface area contributed by atoms with Gasteiger partial charge in [0.1, 0.15) is 0 Å². The number of cyclic esters (lactones) is 1. The molecule has 1 saturated heterocycles. The Kier molecular flexibility index (Phi) is 3.72. The van der Waals surface area contributed by atoms with Crippen LogP contribution < -0.4 is 4.90 Å². The van der Waals surface area contributed by atoms with Crippen LogP contribution in [0.2, 0.25) is 5.02 Å². The van der Waals surface area contributed by atoms with Gasteiger partial charge in [-0.3, -0.25) is 9.69 Å². The maximum absolute atomic E-state index is 11.6. The van der Waals surface area contributed by atoms with Crippen LogP contribution in [0, 0.1) is 5.92 Å². The molecule has 1 aromatic rings. The normalized spacial score (nSPS) is 19.5. The summed E-state index contributed by atoms with van der Waals surface area (Å²) in [4.78, 5) is 23.7. The van der Waals surface area contributed by atoms with Crippen molar-refractivity contribution in [3.05, 3.63) is 29.3 Å². The van der Waals surface area contributed by atoms with Gasteiger partial charge in [0.05, 0.1) is 13.0 Å². The maximum Gasteiger partial charge on any atom is 0.414 e. The first-order chi connectivity index (χ1) is 8.56. The second kappa shape index (κ2) is 5.27. The Labute approximate surface area is 109 Å². The van der Waals surface area contributed by atoms with Gasteiger partial charge in [-0.05, 0) is 24.3 Å². The molecule has 1 atom stereocenters. The van der Waals surface area contributed by atoms with Gasteiger partial charge in [-0.25, -0.2) is 4.79 Å². The van der Waals surface area contributed by atoms with Crippen LogP contribution in [-0.4, -0.2) is 30.3 Å². The van der Waals surface area contributed by atoms with Crippen molar-refractivity contribution in [2.45, 2.75) is 6.42 Å². The van der Waals surface area contributed by atoms with E-state index in [-0.39, 0.29) is 18.9 Å². The van der Waals surface area contributed by atoms with Gasteiger partial charge in [0, 0.05) is 23.2 Å². The number of carboxylic acid groups (broad SMARTS) is 1. The Morgan fingerprint density at radius 1 is 1.44 bits per heavy atom. The number of carboxylic acids is 1. The Balaban J connectivity index is 2.12. The lowest BCUT2D eigenvalue weighted by Crippen LogP contribution is -2.43. The summed E-state index contributed by atoms with van der Waals surface area (Å²) in [7, 11) is 0. The monoisotopic (exact) mass is 269 g/mol. The van der Waals surface area contributed by atoms with Gasteiger partial charge in [-0.2, -0.15) is 0 Å². The smallest absolute Gasteiger partial charge is 0.414 e. The molecule has 1 N–H and O–H groups in total. The number of halogens is 1. The Bertz CT molecular complexity index is 460. The number of nitrogens with zero attached hydrogens (tertiary/aromatic N) is 1. The van der Waals surface area contributed by atoms with Crippen LogP contribution in [0.15, 0.2) is 24.3 Å². The molecule has 1 aromatic carbocycles. The zero-order chi connectivity index (χ0) is 13.1. The van der Waals surface area contributed by atoms with Crippen molar-refractivity contribution in [2.75, 3.05) is 18.1 Å². The molecule has 96 valence electrons. The predicted octanol–water partition coefficient (Wildman–Crippen LogP) is 2.39. The third-order valence-electron chi connectivity index (χ3n) is 2.71. The van der Waals surface area contributed by atoms with E-state index in [2.05, 4.69) is 0 Å². The third-order valence-corrected chi connectivity index (χ3v) is 2.96. The first-order valence-corrected chi connectivity index (χ1v) is 5.85. The number of anilines is 1. The van der Waals surface area contributed by atoms with E-state index in [1.807, 2.05) is 0 Å². The zero-order valence-electron chi connectivity index (χ0n) is 9.51. The van der Waals surface area contributed by atoms with Crippen LogP contribution >= 0.6 is 11.6 Å². The van der Waals surface area contributed by atoms with E-state index < -0.39 is 12.1 Å². The number of amides is 1. The van der Waals surface area contributed by atoms with Gasteiger partial charge in [0.2, 0.25) is 0 Å². The highest BCUT2D eigenvalue weighted by Gasteiger charge is 2.29. The minimum absolute atomic E-state index is 0.0165. The molecule has 1 unspecified atom stereocenters. The molecular weight excluding hydrogens is 258 g/mol. The largest absolute Gasteiger partial charge is 0.481 e. The number of rotatable bonds is 3. The van der Waals surface area contributed by atoms with Crippen molar-refractivity contribution in [1.29, 1.82) is 0 Å². The second-order valence-corrected chi connectivity index (χ2v) is 4.56. The average molecular weight is 270 g/mol. The SMILES string of the molecule is O=C(O)CC1COC(=O)N(c2ccc(Cl)cc2)C1. The molecule has 1 amide bonds. The fourth-order valence-electron chi connectivity index (χ4n) is 1.85. The molecule has 0 bridgehead atoms. The number of hydrogen-bond acceptors (Lipinski definition) is 3. The minimum Gasteiger partial charge on any atom is -0.481 e. The molecule has 1 aliphatic heterocycles. The summed E-state index contributed by atoms with van der Waals surface area (Å²) in [5, 5.41) is 9.32. The summed E-state index contributed by atoms with van der Waals surface area (Å²) in [6.45, 7) is 0.488. The molecule has 1 fully saturated rings. The van der Waals surface area contributed by atoms with Crippen LogP contribution in [0.3, 0.4) is 0 Å². The summed E-state index contributed by atoms with van der Waals surface area (Å²) in [5.41, 5.74) is 0.652. The Hall–Kier alpha value is -1.75. The quantitative estimate of drug-likeness (QED) is 0.915. The molecule has 0 aromatic heterocycles. The topological polar surface area (TPSA) is 66.8 Å².